The maximum Gasteiger partial charge on any atom is 0.224 e. The van der Waals surface area contributed by atoms with Crippen LogP contribution in [0.5, 0.6) is 0 Å². The summed E-state index contributed by atoms with van der Waals surface area (Å²) in [7, 11) is 0. The molecule has 0 bridgehead atoms. The van der Waals surface area contributed by atoms with Gasteiger partial charge in [0.1, 0.15) is 0 Å². The Morgan fingerprint density at radius 1 is 1.23 bits per heavy atom. The van der Waals surface area contributed by atoms with Crippen LogP contribution in [0.1, 0.15) is 19.3 Å². The SMILES string of the molecule is NC(=O)CC1(C(N)=O)CCOCC1. The van der Waals surface area contributed by atoms with Crippen LogP contribution in [0, 0.1) is 5.41 Å². The highest BCUT2D eigenvalue weighted by Gasteiger charge is 2.39. The molecular weight excluding hydrogens is 172 g/mol. The Morgan fingerprint density at radius 3 is 2.15 bits per heavy atom. The Balaban J connectivity index is 2.73. The quantitative estimate of drug-likeness (QED) is 0.600. The maximum absolute atomic E-state index is 11.2. The summed E-state index contributed by atoms with van der Waals surface area (Å²) in [5.41, 5.74) is 9.55. The van der Waals surface area contributed by atoms with E-state index in [-0.39, 0.29) is 6.42 Å². The summed E-state index contributed by atoms with van der Waals surface area (Å²) in [5, 5.41) is 0. The first-order valence-corrected chi connectivity index (χ1v) is 4.23. The van der Waals surface area contributed by atoms with E-state index in [1.807, 2.05) is 0 Å². The van der Waals surface area contributed by atoms with Gasteiger partial charge in [0.15, 0.2) is 0 Å². The number of carbonyl (C=O) groups excluding carboxylic acids is 2. The predicted octanol–water partition coefficient (Wildman–Crippen LogP) is -0.856. The molecule has 5 nitrogen and oxygen atoms in total. The first-order chi connectivity index (χ1) is 6.07. The maximum atomic E-state index is 11.2. The van der Waals surface area contributed by atoms with Gasteiger partial charge >= 0.3 is 0 Å². The Hall–Kier alpha value is -1.10. The van der Waals surface area contributed by atoms with Gasteiger partial charge in [0.2, 0.25) is 11.8 Å². The zero-order valence-electron chi connectivity index (χ0n) is 7.41. The largest absolute Gasteiger partial charge is 0.381 e. The minimum Gasteiger partial charge on any atom is -0.381 e. The van der Waals surface area contributed by atoms with Gasteiger partial charge in [0, 0.05) is 19.6 Å². The minimum atomic E-state index is -0.760. The summed E-state index contributed by atoms with van der Waals surface area (Å²) < 4.78 is 5.10. The van der Waals surface area contributed by atoms with Gasteiger partial charge in [-0.25, -0.2) is 0 Å². The minimum absolute atomic E-state index is 0.0334. The van der Waals surface area contributed by atoms with E-state index in [1.165, 1.54) is 0 Å². The summed E-state index contributed by atoms with van der Waals surface area (Å²) >= 11 is 0. The standard InChI is InChI=1S/C8H14N2O3/c9-6(11)5-8(7(10)12)1-3-13-4-2-8/h1-5H2,(H2,9,11)(H2,10,12). The Bertz CT molecular complexity index is 221. The van der Waals surface area contributed by atoms with Crippen LogP contribution in [-0.4, -0.2) is 25.0 Å². The molecule has 0 aromatic heterocycles. The van der Waals surface area contributed by atoms with Crippen molar-refractivity contribution in [2.75, 3.05) is 13.2 Å². The molecule has 0 unspecified atom stereocenters. The van der Waals surface area contributed by atoms with E-state index in [2.05, 4.69) is 0 Å². The molecule has 0 saturated carbocycles. The van der Waals surface area contributed by atoms with Crippen molar-refractivity contribution < 1.29 is 14.3 Å². The molecule has 1 saturated heterocycles. The van der Waals surface area contributed by atoms with Crippen LogP contribution in [0.2, 0.25) is 0 Å². The van der Waals surface area contributed by atoms with Crippen molar-refractivity contribution in [3.05, 3.63) is 0 Å². The molecule has 74 valence electrons. The van der Waals surface area contributed by atoms with Gasteiger partial charge in [-0.05, 0) is 12.8 Å². The molecule has 0 radical (unpaired) electrons. The average molecular weight is 186 g/mol. The number of carbonyl (C=O) groups is 2. The Labute approximate surface area is 76.4 Å². The highest BCUT2D eigenvalue weighted by atomic mass is 16.5. The summed E-state index contributed by atoms with van der Waals surface area (Å²) in [6.07, 6.45) is 1.02. The lowest BCUT2D eigenvalue weighted by Crippen LogP contribution is -2.44. The highest BCUT2D eigenvalue weighted by molar-refractivity contribution is 5.87. The van der Waals surface area contributed by atoms with E-state index in [9.17, 15) is 9.59 Å². The van der Waals surface area contributed by atoms with Crippen molar-refractivity contribution in [3.63, 3.8) is 0 Å². The van der Waals surface area contributed by atoms with E-state index in [1.54, 1.807) is 0 Å². The Morgan fingerprint density at radius 2 is 1.77 bits per heavy atom. The van der Waals surface area contributed by atoms with Gasteiger partial charge in [-0.3, -0.25) is 9.59 Å². The number of primary amides is 2. The van der Waals surface area contributed by atoms with Crippen LogP contribution in [0.3, 0.4) is 0 Å². The average Bonchev–Trinajstić information content (AvgIpc) is 2.04. The van der Waals surface area contributed by atoms with Crippen LogP contribution >= 0.6 is 0 Å². The zero-order valence-corrected chi connectivity index (χ0v) is 7.41. The molecule has 1 aliphatic heterocycles. The second-order valence-corrected chi connectivity index (χ2v) is 3.40. The van der Waals surface area contributed by atoms with E-state index in [0.717, 1.165) is 0 Å². The highest BCUT2D eigenvalue weighted by Crippen LogP contribution is 2.33. The molecule has 0 spiro atoms. The molecule has 1 heterocycles. The van der Waals surface area contributed by atoms with Crippen molar-refractivity contribution >= 4 is 11.8 Å². The third-order valence-electron chi connectivity index (χ3n) is 2.49. The molecule has 13 heavy (non-hydrogen) atoms. The zero-order chi connectivity index (χ0) is 9.90. The molecule has 1 fully saturated rings. The fraction of sp³-hybridized carbons (Fsp3) is 0.750. The van der Waals surface area contributed by atoms with Crippen molar-refractivity contribution in [3.8, 4) is 0 Å². The lowest BCUT2D eigenvalue weighted by atomic mass is 9.76. The van der Waals surface area contributed by atoms with Gasteiger partial charge in [-0.2, -0.15) is 0 Å². The third kappa shape index (κ3) is 2.18. The van der Waals surface area contributed by atoms with Crippen LogP contribution in [-0.2, 0) is 14.3 Å². The van der Waals surface area contributed by atoms with Crippen LogP contribution in [0.4, 0.5) is 0 Å². The lowest BCUT2D eigenvalue weighted by molar-refractivity contribution is -0.138. The number of hydrogen-bond donors (Lipinski definition) is 2. The van der Waals surface area contributed by atoms with Gasteiger partial charge in [-0.15, -0.1) is 0 Å². The summed E-state index contributed by atoms with van der Waals surface area (Å²) in [6.45, 7) is 0.937. The molecule has 2 amide bonds. The summed E-state index contributed by atoms with van der Waals surface area (Å²) in [4.78, 5) is 21.9. The van der Waals surface area contributed by atoms with Crippen molar-refractivity contribution in [1.29, 1.82) is 0 Å². The van der Waals surface area contributed by atoms with Crippen LogP contribution in [0.15, 0.2) is 0 Å². The van der Waals surface area contributed by atoms with E-state index in [0.29, 0.717) is 26.1 Å². The third-order valence-corrected chi connectivity index (χ3v) is 2.49. The molecule has 4 N–H and O–H groups in total. The fourth-order valence-corrected chi connectivity index (χ4v) is 1.61. The van der Waals surface area contributed by atoms with Crippen molar-refractivity contribution in [2.45, 2.75) is 19.3 Å². The van der Waals surface area contributed by atoms with Gasteiger partial charge in [0.25, 0.3) is 0 Å². The lowest BCUT2D eigenvalue weighted by Gasteiger charge is -2.32. The molecule has 0 aliphatic carbocycles. The first kappa shape index (κ1) is 9.98. The smallest absolute Gasteiger partial charge is 0.224 e. The number of nitrogens with two attached hydrogens (primary N) is 2. The summed E-state index contributed by atoms with van der Waals surface area (Å²) in [5.74, 6) is -0.935. The van der Waals surface area contributed by atoms with E-state index in [4.69, 9.17) is 16.2 Å². The monoisotopic (exact) mass is 186 g/mol. The van der Waals surface area contributed by atoms with Crippen LogP contribution < -0.4 is 11.5 Å². The molecule has 0 aromatic carbocycles. The van der Waals surface area contributed by atoms with Gasteiger partial charge in [-0.1, -0.05) is 0 Å². The number of ether oxygens (including phenoxy) is 1. The molecule has 0 atom stereocenters. The topological polar surface area (TPSA) is 95.4 Å². The molecule has 0 aromatic rings. The predicted molar refractivity (Wildman–Crippen MR) is 45.5 cm³/mol. The van der Waals surface area contributed by atoms with E-state index >= 15 is 0 Å². The second-order valence-electron chi connectivity index (χ2n) is 3.40. The number of rotatable bonds is 3. The fourth-order valence-electron chi connectivity index (χ4n) is 1.61. The summed E-state index contributed by atoms with van der Waals surface area (Å²) in [6, 6.07) is 0. The first-order valence-electron chi connectivity index (χ1n) is 4.23. The number of hydrogen-bond acceptors (Lipinski definition) is 3. The van der Waals surface area contributed by atoms with Crippen LogP contribution in [0.25, 0.3) is 0 Å². The van der Waals surface area contributed by atoms with E-state index < -0.39 is 17.2 Å². The van der Waals surface area contributed by atoms with Crippen molar-refractivity contribution in [2.24, 2.45) is 16.9 Å². The molecule has 1 aliphatic rings. The normalized spacial score (nSPS) is 20.9. The molecular formula is C8H14N2O3. The van der Waals surface area contributed by atoms with Gasteiger partial charge in [0.05, 0.1) is 5.41 Å². The Kier molecular flexibility index (Phi) is 2.87. The molecule has 1 rings (SSSR count). The van der Waals surface area contributed by atoms with Gasteiger partial charge < -0.3 is 16.2 Å². The second kappa shape index (κ2) is 3.74. The molecule has 5 heteroatoms. The van der Waals surface area contributed by atoms with Crippen molar-refractivity contribution in [1.82, 2.24) is 0 Å². The number of amides is 2.